The second-order valence-electron chi connectivity index (χ2n) is 7.40. The van der Waals surface area contributed by atoms with Crippen LogP contribution in [0.2, 0.25) is 0 Å². The molecule has 0 atom stereocenters. The molecule has 29 heavy (non-hydrogen) atoms. The van der Waals surface area contributed by atoms with Crippen LogP contribution in [-0.2, 0) is 14.3 Å². The Morgan fingerprint density at radius 2 is 1.66 bits per heavy atom. The first kappa shape index (κ1) is 20.6. The summed E-state index contributed by atoms with van der Waals surface area (Å²) < 4.78 is 5.18. The van der Waals surface area contributed by atoms with E-state index in [9.17, 15) is 14.4 Å². The van der Waals surface area contributed by atoms with E-state index in [1.165, 1.54) is 0 Å². The minimum absolute atomic E-state index is 0.00704. The molecule has 2 aromatic carbocycles. The Hall–Kier alpha value is -3.15. The van der Waals surface area contributed by atoms with Crippen molar-refractivity contribution in [3.8, 4) is 0 Å². The Balaban J connectivity index is 1.44. The molecule has 1 heterocycles. The first-order valence-electron chi connectivity index (χ1n) is 9.82. The molecule has 1 N–H and O–H groups in total. The third-order valence-corrected chi connectivity index (χ3v) is 5.17. The molecule has 1 fully saturated rings. The molecule has 2 amide bonds. The fourth-order valence-electron chi connectivity index (χ4n) is 3.39. The maximum Gasteiger partial charge on any atom is 0.309 e. The number of ether oxygens (including phenoxy) is 1. The number of hydrogen-bond acceptors (Lipinski definition) is 4. The summed E-state index contributed by atoms with van der Waals surface area (Å²) in [4.78, 5) is 38.7. The van der Waals surface area contributed by atoms with Crippen LogP contribution in [0.5, 0.6) is 0 Å². The number of amides is 2. The Kier molecular flexibility index (Phi) is 6.65. The first-order chi connectivity index (χ1) is 13.9. The zero-order valence-electron chi connectivity index (χ0n) is 16.8. The molecular weight excluding hydrogens is 368 g/mol. The van der Waals surface area contributed by atoms with Crippen LogP contribution >= 0.6 is 0 Å². The van der Waals surface area contributed by atoms with Crippen LogP contribution in [0.1, 0.15) is 34.3 Å². The van der Waals surface area contributed by atoms with E-state index in [1.54, 1.807) is 17.0 Å². The number of likely N-dealkylation sites (tertiary alicyclic amines) is 1. The average Bonchev–Trinajstić information content (AvgIpc) is 2.73. The van der Waals surface area contributed by atoms with Crippen molar-refractivity contribution in [2.24, 2.45) is 5.92 Å². The summed E-state index contributed by atoms with van der Waals surface area (Å²) in [7, 11) is 0. The van der Waals surface area contributed by atoms with Gasteiger partial charge in [-0.15, -0.1) is 0 Å². The molecule has 6 nitrogen and oxygen atoms in total. The number of nitrogens with zero attached hydrogens (tertiary/aromatic N) is 1. The van der Waals surface area contributed by atoms with Crippen molar-refractivity contribution in [2.75, 3.05) is 25.0 Å². The zero-order chi connectivity index (χ0) is 20.8. The molecule has 3 rings (SSSR count). The lowest BCUT2D eigenvalue weighted by atomic mass is 9.96. The molecule has 1 aliphatic rings. The molecule has 0 unspecified atom stereocenters. The summed E-state index contributed by atoms with van der Waals surface area (Å²) in [6.45, 7) is 4.58. The fraction of sp³-hybridized carbons (Fsp3) is 0.348. The van der Waals surface area contributed by atoms with Gasteiger partial charge in [0.25, 0.3) is 11.8 Å². The number of nitrogens with one attached hydrogen (secondary N) is 1. The van der Waals surface area contributed by atoms with Crippen molar-refractivity contribution in [3.05, 3.63) is 65.2 Å². The summed E-state index contributed by atoms with van der Waals surface area (Å²) in [5.41, 5.74) is 3.40. The van der Waals surface area contributed by atoms with Gasteiger partial charge in [0.2, 0.25) is 0 Å². The van der Waals surface area contributed by atoms with Gasteiger partial charge in [-0.1, -0.05) is 35.9 Å². The highest BCUT2D eigenvalue weighted by atomic mass is 16.5. The van der Waals surface area contributed by atoms with Crippen molar-refractivity contribution in [3.63, 3.8) is 0 Å². The molecule has 0 radical (unpaired) electrons. The largest absolute Gasteiger partial charge is 0.455 e. The smallest absolute Gasteiger partial charge is 0.309 e. The molecule has 0 spiro atoms. The number of esters is 1. The molecule has 0 bridgehead atoms. The van der Waals surface area contributed by atoms with E-state index in [2.05, 4.69) is 5.32 Å². The van der Waals surface area contributed by atoms with Crippen LogP contribution in [0.4, 0.5) is 5.69 Å². The predicted molar refractivity (Wildman–Crippen MR) is 111 cm³/mol. The number of carbonyl (C=O) groups is 3. The van der Waals surface area contributed by atoms with Gasteiger partial charge in [0, 0.05) is 24.3 Å². The summed E-state index contributed by atoms with van der Waals surface area (Å²) in [5.74, 6) is -1.04. The normalized spacial score (nSPS) is 14.3. The van der Waals surface area contributed by atoms with Gasteiger partial charge in [-0.2, -0.15) is 0 Å². The lowest BCUT2D eigenvalue weighted by Gasteiger charge is -2.31. The van der Waals surface area contributed by atoms with E-state index in [0.29, 0.717) is 37.2 Å². The molecule has 0 saturated carbocycles. The summed E-state index contributed by atoms with van der Waals surface area (Å²) in [5, 5.41) is 2.70. The Morgan fingerprint density at radius 3 is 2.31 bits per heavy atom. The van der Waals surface area contributed by atoms with Crippen molar-refractivity contribution in [1.29, 1.82) is 0 Å². The van der Waals surface area contributed by atoms with Gasteiger partial charge in [0.05, 0.1) is 5.92 Å². The number of anilines is 1. The van der Waals surface area contributed by atoms with Gasteiger partial charge in [0.15, 0.2) is 6.61 Å². The molecule has 2 aromatic rings. The quantitative estimate of drug-likeness (QED) is 0.789. The SMILES string of the molecule is Cc1ccc(NC(=O)COC(=O)C2CCN(C(=O)c3ccccc3C)CC2)cc1. The van der Waals surface area contributed by atoms with Crippen molar-refractivity contribution in [2.45, 2.75) is 26.7 Å². The van der Waals surface area contributed by atoms with Crippen LogP contribution in [0.3, 0.4) is 0 Å². The third-order valence-electron chi connectivity index (χ3n) is 5.17. The number of carbonyl (C=O) groups excluding carboxylic acids is 3. The number of aryl methyl sites for hydroxylation is 2. The molecule has 1 saturated heterocycles. The maximum atomic E-state index is 12.7. The van der Waals surface area contributed by atoms with Crippen LogP contribution in [-0.4, -0.2) is 42.4 Å². The molecule has 152 valence electrons. The van der Waals surface area contributed by atoms with Crippen LogP contribution in [0.15, 0.2) is 48.5 Å². The van der Waals surface area contributed by atoms with Gasteiger partial charge in [-0.3, -0.25) is 14.4 Å². The molecule has 6 heteroatoms. The number of piperidine rings is 1. The monoisotopic (exact) mass is 394 g/mol. The molecular formula is C23H26N2O4. The highest BCUT2D eigenvalue weighted by Crippen LogP contribution is 2.21. The van der Waals surface area contributed by atoms with Gasteiger partial charge >= 0.3 is 5.97 Å². The Morgan fingerprint density at radius 1 is 1.00 bits per heavy atom. The van der Waals surface area contributed by atoms with E-state index in [1.807, 2.05) is 50.2 Å². The minimum atomic E-state index is -0.382. The standard InChI is InChI=1S/C23H26N2O4/c1-16-7-9-19(10-8-16)24-21(26)15-29-23(28)18-11-13-25(14-12-18)22(27)20-6-4-3-5-17(20)2/h3-10,18H,11-15H2,1-2H3,(H,24,26). The summed E-state index contributed by atoms with van der Waals surface area (Å²) in [6, 6.07) is 14.9. The van der Waals surface area contributed by atoms with Crippen LogP contribution < -0.4 is 5.32 Å². The van der Waals surface area contributed by atoms with Gasteiger partial charge in [0.1, 0.15) is 0 Å². The topological polar surface area (TPSA) is 75.7 Å². The minimum Gasteiger partial charge on any atom is -0.455 e. The fourth-order valence-corrected chi connectivity index (χ4v) is 3.39. The molecule has 0 aliphatic carbocycles. The third kappa shape index (κ3) is 5.44. The Bertz CT molecular complexity index is 884. The Labute approximate surface area is 170 Å². The van der Waals surface area contributed by atoms with Gasteiger partial charge in [-0.25, -0.2) is 0 Å². The number of rotatable bonds is 5. The average molecular weight is 394 g/mol. The zero-order valence-corrected chi connectivity index (χ0v) is 16.8. The van der Waals surface area contributed by atoms with E-state index in [-0.39, 0.29) is 30.3 Å². The number of benzene rings is 2. The van der Waals surface area contributed by atoms with Crippen molar-refractivity contribution in [1.82, 2.24) is 4.90 Å². The van der Waals surface area contributed by atoms with Gasteiger partial charge < -0.3 is 15.0 Å². The second-order valence-corrected chi connectivity index (χ2v) is 7.40. The van der Waals surface area contributed by atoms with Crippen LogP contribution in [0.25, 0.3) is 0 Å². The van der Waals surface area contributed by atoms with Crippen molar-refractivity contribution >= 4 is 23.5 Å². The number of hydrogen-bond donors (Lipinski definition) is 1. The van der Waals surface area contributed by atoms with E-state index >= 15 is 0 Å². The van der Waals surface area contributed by atoms with Crippen LogP contribution in [0, 0.1) is 19.8 Å². The lowest BCUT2D eigenvalue weighted by molar-refractivity contribution is -0.152. The highest BCUT2D eigenvalue weighted by molar-refractivity contribution is 5.96. The lowest BCUT2D eigenvalue weighted by Crippen LogP contribution is -2.41. The summed E-state index contributed by atoms with van der Waals surface area (Å²) in [6.07, 6.45) is 1.08. The highest BCUT2D eigenvalue weighted by Gasteiger charge is 2.29. The molecule has 1 aliphatic heterocycles. The first-order valence-corrected chi connectivity index (χ1v) is 9.82. The van der Waals surface area contributed by atoms with E-state index in [0.717, 1.165) is 11.1 Å². The van der Waals surface area contributed by atoms with E-state index < -0.39 is 0 Å². The predicted octanol–water partition coefficient (Wildman–Crippen LogP) is 3.34. The van der Waals surface area contributed by atoms with Crippen molar-refractivity contribution < 1.29 is 19.1 Å². The second kappa shape index (κ2) is 9.37. The maximum absolute atomic E-state index is 12.7. The van der Waals surface area contributed by atoms with E-state index in [4.69, 9.17) is 4.74 Å². The summed E-state index contributed by atoms with van der Waals surface area (Å²) >= 11 is 0. The van der Waals surface area contributed by atoms with Gasteiger partial charge in [-0.05, 0) is 50.5 Å². The molecule has 0 aromatic heterocycles.